The Balaban J connectivity index is 1.44. The van der Waals surface area contributed by atoms with Crippen molar-refractivity contribution < 1.29 is 4.79 Å². The second-order valence-corrected chi connectivity index (χ2v) is 6.34. The molecule has 2 amide bonds. The predicted octanol–water partition coefficient (Wildman–Crippen LogP) is 2.87. The standard InChI is InChI=1S/C21H25N5O/c1-25(20-10-3-2-4-11-20)15-13-22-21(27)23-16-18-8-5-6-9-19(18)17-26-14-7-12-24-26/h2-12,14H,13,15-17H2,1H3,(H2,22,23,27). The first-order valence-corrected chi connectivity index (χ1v) is 9.04. The highest BCUT2D eigenvalue weighted by atomic mass is 16.2. The normalized spacial score (nSPS) is 10.4. The summed E-state index contributed by atoms with van der Waals surface area (Å²) in [5, 5.41) is 10.1. The van der Waals surface area contributed by atoms with Gasteiger partial charge < -0.3 is 15.5 Å². The molecular formula is C21H25N5O. The SMILES string of the molecule is CN(CCNC(=O)NCc1ccccc1Cn1cccn1)c1ccccc1. The Morgan fingerprint density at radius 2 is 1.74 bits per heavy atom. The maximum atomic E-state index is 12.1. The lowest BCUT2D eigenvalue weighted by Gasteiger charge is -2.19. The summed E-state index contributed by atoms with van der Waals surface area (Å²) in [5.41, 5.74) is 3.36. The summed E-state index contributed by atoms with van der Waals surface area (Å²) in [6.07, 6.45) is 3.70. The van der Waals surface area contributed by atoms with Crippen LogP contribution in [-0.4, -0.2) is 35.9 Å². The van der Waals surface area contributed by atoms with E-state index < -0.39 is 0 Å². The van der Waals surface area contributed by atoms with Crippen molar-refractivity contribution in [3.63, 3.8) is 0 Å². The molecule has 0 aliphatic heterocycles. The van der Waals surface area contributed by atoms with Crippen LogP contribution in [0.15, 0.2) is 73.1 Å². The molecule has 0 unspecified atom stereocenters. The summed E-state index contributed by atoms with van der Waals surface area (Å²) >= 11 is 0. The lowest BCUT2D eigenvalue weighted by Crippen LogP contribution is -2.39. The number of anilines is 1. The largest absolute Gasteiger partial charge is 0.373 e. The second kappa shape index (κ2) is 9.43. The van der Waals surface area contributed by atoms with Crippen LogP contribution in [0.1, 0.15) is 11.1 Å². The van der Waals surface area contributed by atoms with Crippen LogP contribution in [0.3, 0.4) is 0 Å². The Bertz CT molecular complexity index is 833. The summed E-state index contributed by atoms with van der Waals surface area (Å²) in [7, 11) is 2.01. The average molecular weight is 363 g/mol. The number of carbonyl (C=O) groups is 1. The smallest absolute Gasteiger partial charge is 0.315 e. The maximum Gasteiger partial charge on any atom is 0.315 e. The van der Waals surface area contributed by atoms with Crippen LogP contribution in [0.2, 0.25) is 0 Å². The van der Waals surface area contributed by atoms with Gasteiger partial charge in [0.05, 0.1) is 6.54 Å². The van der Waals surface area contributed by atoms with E-state index in [2.05, 4.69) is 38.8 Å². The zero-order valence-electron chi connectivity index (χ0n) is 15.5. The first kappa shape index (κ1) is 18.5. The Morgan fingerprint density at radius 1 is 1.00 bits per heavy atom. The Kier molecular flexibility index (Phi) is 6.46. The molecule has 0 atom stereocenters. The minimum absolute atomic E-state index is 0.162. The van der Waals surface area contributed by atoms with Crippen LogP contribution in [0.25, 0.3) is 0 Å². The molecule has 0 radical (unpaired) electrons. The van der Waals surface area contributed by atoms with Crippen LogP contribution < -0.4 is 15.5 Å². The van der Waals surface area contributed by atoms with Gasteiger partial charge in [-0.1, -0.05) is 42.5 Å². The van der Waals surface area contributed by atoms with Gasteiger partial charge in [0.2, 0.25) is 0 Å². The number of aromatic nitrogens is 2. The van der Waals surface area contributed by atoms with Crippen molar-refractivity contribution >= 4 is 11.7 Å². The molecule has 27 heavy (non-hydrogen) atoms. The fourth-order valence-corrected chi connectivity index (χ4v) is 2.84. The third-order valence-corrected chi connectivity index (χ3v) is 4.38. The fraction of sp³-hybridized carbons (Fsp3) is 0.238. The zero-order chi connectivity index (χ0) is 18.9. The predicted molar refractivity (Wildman–Crippen MR) is 108 cm³/mol. The average Bonchev–Trinajstić information content (AvgIpc) is 3.21. The molecule has 0 aliphatic rings. The number of benzene rings is 2. The highest BCUT2D eigenvalue weighted by molar-refractivity contribution is 5.73. The topological polar surface area (TPSA) is 62.2 Å². The van der Waals surface area contributed by atoms with Gasteiger partial charge in [0.1, 0.15) is 0 Å². The van der Waals surface area contributed by atoms with Gasteiger partial charge in [0.25, 0.3) is 0 Å². The van der Waals surface area contributed by atoms with Gasteiger partial charge >= 0.3 is 6.03 Å². The van der Waals surface area contributed by atoms with Crippen molar-refractivity contribution in [2.24, 2.45) is 0 Å². The van der Waals surface area contributed by atoms with E-state index >= 15 is 0 Å². The van der Waals surface area contributed by atoms with E-state index in [0.717, 1.165) is 23.4 Å². The molecule has 0 bridgehead atoms. The molecule has 140 valence electrons. The Labute approximate surface area is 159 Å². The summed E-state index contributed by atoms with van der Waals surface area (Å²) < 4.78 is 1.87. The first-order valence-electron chi connectivity index (χ1n) is 9.04. The lowest BCUT2D eigenvalue weighted by molar-refractivity contribution is 0.240. The van der Waals surface area contributed by atoms with E-state index in [0.29, 0.717) is 19.6 Å². The molecule has 3 aromatic rings. The molecule has 6 nitrogen and oxygen atoms in total. The summed E-state index contributed by atoms with van der Waals surface area (Å²) in [6, 6.07) is 19.9. The van der Waals surface area contributed by atoms with Crippen molar-refractivity contribution in [2.45, 2.75) is 13.1 Å². The van der Waals surface area contributed by atoms with Gasteiger partial charge in [-0.05, 0) is 29.3 Å². The molecule has 2 N–H and O–H groups in total. The third-order valence-electron chi connectivity index (χ3n) is 4.38. The number of hydrogen-bond donors (Lipinski definition) is 2. The zero-order valence-corrected chi connectivity index (χ0v) is 15.5. The quantitative estimate of drug-likeness (QED) is 0.647. The maximum absolute atomic E-state index is 12.1. The number of amides is 2. The molecule has 6 heteroatoms. The van der Waals surface area contributed by atoms with Gasteiger partial charge in [0.15, 0.2) is 0 Å². The number of nitrogens with zero attached hydrogens (tertiary/aromatic N) is 3. The minimum atomic E-state index is -0.162. The van der Waals surface area contributed by atoms with E-state index in [1.807, 2.05) is 60.4 Å². The molecule has 0 spiro atoms. The molecule has 0 saturated heterocycles. The van der Waals surface area contributed by atoms with Gasteiger partial charge in [-0.15, -0.1) is 0 Å². The molecule has 2 aromatic carbocycles. The van der Waals surface area contributed by atoms with Gasteiger partial charge in [-0.2, -0.15) is 5.10 Å². The van der Waals surface area contributed by atoms with E-state index in [1.165, 1.54) is 0 Å². The number of para-hydroxylation sites is 1. The Morgan fingerprint density at radius 3 is 2.48 bits per heavy atom. The van der Waals surface area contributed by atoms with Crippen LogP contribution in [0.4, 0.5) is 10.5 Å². The van der Waals surface area contributed by atoms with E-state index in [4.69, 9.17) is 0 Å². The van der Waals surface area contributed by atoms with Gasteiger partial charge in [0, 0.05) is 44.8 Å². The highest BCUT2D eigenvalue weighted by Gasteiger charge is 2.06. The van der Waals surface area contributed by atoms with Crippen LogP contribution in [0, 0.1) is 0 Å². The van der Waals surface area contributed by atoms with Crippen molar-refractivity contribution in [3.05, 3.63) is 84.2 Å². The van der Waals surface area contributed by atoms with Crippen LogP contribution >= 0.6 is 0 Å². The molecule has 1 heterocycles. The lowest BCUT2D eigenvalue weighted by atomic mass is 10.1. The van der Waals surface area contributed by atoms with E-state index in [-0.39, 0.29) is 6.03 Å². The van der Waals surface area contributed by atoms with Crippen molar-refractivity contribution in [1.82, 2.24) is 20.4 Å². The van der Waals surface area contributed by atoms with Gasteiger partial charge in [-0.25, -0.2) is 4.79 Å². The van der Waals surface area contributed by atoms with Crippen LogP contribution in [-0.2, 0) is 13.1 Å². The van der Waals surface area contributed by atoms with E-state index in [1.54, 1.807) is 6.20 Å². The van der Waals surface area contributed by atoms with Crippen molar-refractivity contribution in [2.75, 3.05) is 25.0 Å². The number of rotatable bonds is 8. The molecule has 1 aromatic heterocycles. The fourth-order valence-electron chi connectivity index (χ4n) is 2.84. The van der Waals surface area contributed by atoms with Crippen LogP contribution in [0.5, 0.6) is 0 Å². The molecular weight excluding hydrogens is 338 g/mol. The summed E-state index contributed by atoms with van der Waals surface area (Å²) in [5.74, 6) is 0. The highest BCUT2D eigenvalue weighted by Crippen LogP contribution is 2.11. The minimum Gasteiger partial charge on any atom is -0.373 e. The molecule has 0 saturated carbocycles. The van der Waals surface area contributed by atoms with Crippen molar-refractivity contribution in [3.8, 4) is 0 Å². The number of urea groups is 1. The summed E-state index contributed by atoms with van der Waals surface area (Å²) in [6.45, 7) is 2.49. The molecule has 0 aliphatic carbocycles. The molecule has 3 rings (SSSR count). The number of nitrogens with one attached hydrogen (secondary N) is 2. The van der Waals surface area contributed by atoms with Gasteiger partial charge in [-0.3, -0.25) is 4.68 Å². The Hall–Kier alpha value is -3.28. The summed E-state index contributed by atoms with van der Waals surface area (Å²) in [4.78, 5) is 14.2. The monoisotopic (exact) mass is 363 g/mol. The number of carbonyl (C=O) groups excluding carboxylic acids is 1. The first-order chi connectivity index (χ1) is 13.2. The molecule has 0 fully saturated rings. The number of likely N-dealkylation sites (N-methyl/N-ethyl adjacent to an activating group) is 1. The number of hydrogen-bond acceptors (Lipinski definition) is 3. The van der Waals surface area contributed by atoms with E-state index in [9.17, 15) is 4.79 Å². The third kappa shape index (κ3) is 5.60. The second-order valence-electron chi connectivity index (χ2n) is 6.34. The van der Waals surface area contributed by atoms with Crippen molar-refractivity contribution in [1.29, 1.82) is 0 Å².